The normalized spacial score (nSPS) is 14.9. The minimum atomic E-state index is -4.12. The number of hydrogen-bond acceptors (Lipinski definition) is 7. The van der Waals surface area contributed by atoms with Crippen LogP contribution >= 0.6 is 11.6 Å². The Morgan fingerprint density at radius 3 is 2.43 bits per heavy atom. The van der Waals surface area contributed by atoms with Crippen LogP contribution in [0.5, 0.6) is 5.75 Å². The third-order valence-electron chi connectivity index (χ3n) is 6.73. The molecule has 42 heavy (non-hydrogen) atoms. The van der Waals surface area contributed by atoms with Crippen LogP contribution in [0.25, 0.3) is 0 Å². The maximum absolute atomic E-state index is 13.7. The molecule has 0 aliphatic carbocycles. The fourth-order valence-electron chi connectivity index (χ4n) is 4.54. The summed E-state index contributed by atoms with van der Waals surface area (Å²) in [6.45, 7) is 0.0469. The number of sulfonamides is 1. The van der Waals surface area contributed by atoms with Gasteiger partial charge in [-0.3, -0.25) is 19.4 Å². The predicted octanol–water partition coefficient (Wildman–Crippen LogP) is 4.07. The van der Waals surface area contributed by atoms with Crippen LogP contribution < -0.4 is 14.8 Å². The van der Waals surface area contributed by atoms with Crippen molar-refractivity contribution in [3.8, 4) is 5.75 Å². The number of fused-ring (bicyclic) bond motifs is 1. The molecule has 3 amide bonds. The Labute approximate surface area is 247 Å². The topological polar surface area (TPSA) is 135 Å². The Morgan fingerprint density at radius 2 is 1.76 bits per heavy atom. The summed E-state index contributed by atoms with van der Waals surface area (Å²) in [4.78, 5) is 45.4. The molecule has 214 valence electrons. The highest BCUT2D eigenvalue weighted by Gasteiger charge is 2.35. The molecule has 2 N–H and O–H groups in total. The average Bonchev–Trinajstić information content (AvgIpc) is 3.07. The van der Waals surface area contributed by atoms with Crippen LogP contribution in [0.15, 0.2) is 96.2 Å². The van der Waals surface area contributed by atoms with Gasteiger partial charge in [0.1, 0.15) is 11.8 Å². The summed E-state index contributed by atoms with van der Waals surface area (Å²) in [7, 11) is -2.66. The molecular weight excluding hydrogens is 580 g/mol. The largest absolute Gasteiger partial charge is 0.497 e. The summed E-state index contributed by atoms with van der Waals surface area (Å²) in [5.41, 5.74) is 2.11. The lowest BCUT2D eigenvalue weighted by Gasteiger charge is -2.29. The molecule has 0 saturated heterocycles. The van der Waals surface area contributed by atoms with E-state index < -0.39 is 22.0 Å². The Kier molecular flexibility index (Phi) is 8.23. The van der Waals surface area contributed by atoms with Crippen LogP contribution in [-0.2, 0) is 27.8 Å². The fraction of sp³-hybridized carbons (Fsp3) is 0.133. The van der Waals surface area contributed by atoms with Crippen LogP contribution in [0.4, 0.5) is 5.69 Å². The van der Waals surface area contributed by atoms with E-state index in [1.165, 1.54) is 54.5 Å². The van der Waals surface area contributed by atoms with Gasteiger partial charge in [0, 0.05) is 35.9 Å². The number of ether oxygens (including phenoxy) is 1. The lowest BCUT2D eigenvalue weighted by atomic mass is 10.0. The van der Waals surface area contributed by atoms with E-state index in [1.807, 2.05) is 6.07 Å². The second-order valence-corrected chi connectivity index (χ2v) is 11.6. The minimum Gasteiger partial charge on any atom is -0.497 e. The Hall–Kier alpha value is -4.74. The van der Waals surface area contributed by atoms with Crippen molar-refractivity contribution in [2.75, 3.05) is 12.4 Å². The highest BCUT2D eigenvalue weighted by Crippen LogP contribution is 2.29. The summed E-state index contributed by atoms with van der Waals surface area (Å²) in [5, 5.41) is 3.20. The maximum atomic E-state index is 13.7. The van der Waals surface area contributed by atoms with Gasteiger partial charge < -0.3 is 15.0 Å². The van der Waals surface area contributed by atoms with Crippen molar-refractivity contribution in [2.24, 2.45) is 0 Å². The smallest absolute Gasteiger partial charge is 0.264 e. The molecule has 1 atom stereocenters. The van der Waals surface area contributed by atoms with Gasteiger partial charge >= 0.3 is 0 Å². The molecule has 0 radical (unpaired) electrons. The molecule has 0 fully saturated rings. The van der Waals surface area contributed by atoms with Crippen LogP contribution in [0, 0.1) is 0 Å². The molecule has 12 heteroatoms. The van der Waals surface area contributed by atoms with E-state index in [-0.39, 0.29) is 35.2 Å². The molecular formula is C30H25ClN4O6S. The standard InChI is InChI=1S/C30H25ClN4O6S/c1-41-23-9-11-24(12-10-23)42(39,40)34-28(36)21-6-4-19(5-7-21)18-35-27(15-20-3-2-14-32-17-20)29(37)33-26-16-22(31)8-13-25(26)30(35)38/h2-14,16-17,27H,15,18H2,1H3,(H,33,37)(H,34,36)/t27-/m1/s1. The van der Waals surface area contributed by atoms with Crippen molar-refractivity contribution >= 4 is 45.0 Å². The van der Waals surface area contributed by atoms with Crippen LogP contribution in [0.2, 0.25) is 5.02 Å². The number of carbonyl (C=O) groups excluding carboxylic acids is 3. The third-order valence-corrected chi connectivity index (χ3v) is 8.31. The number of anilines is 1. The molecule has 1 aromatic heterocycles. The molecule has 4 aromatic rings. The molecule has 0 bridgehead atoms. The molecule has 0 spiro atoms. The number of benzene rings is 3. The second kappa shape index (κ2) is 12.0. The number of hydrogen-bond donors (Lipinski definition) is 2. The summed E-state index contributed by atoms with van der Waals surface area (Å²) >= 11 is 6.13. The van der Waals surface area contributed by atoms with Crippen molar-refractivity contribution < 1.29 is 27.5 Å². The molecule has 0 unspecified atom stereocenters. The number of carbonyl (C=O) groups is 3. The van der Waals surface area contributed by atoms with E-state index in [0.717, 1.165) is 5.56 Å². The van der Waals surface area contributed by atoms with E-state index in [2.05, 4.69) is 15.0 Å². The number of amides is 3. The Morgan fingerprint density at radius 1 is 1.02 bits per heavy atom. The lowest BCUT2D eigenvalue weighted by Crippen LogP contribution is -2.46. The first-order valence-electron chi connectivity index (χ1n) is 12.7. The van der Waals surface area contributed by atoms with E-state index in [4.69, 9.17) is 16.3 Å². The molecule has 2 heterocycles. The van der Waals surface area contributed by atoms with E-state index in [1.54, 1.807) is 42.7 Å². The monoisotopic (exact) mass is 604 g/mol. The van der Waals surface area contributed by atoms with E-state index in [0.29, 0.717) is 27.6 Å². The first kappa shape index (κ1) is 28.8. The first-order chi connectivity index (χ1) is 20.1. The number of nitrogens with one attached hydrogen (secondary N) is 2. The van der Waals surface area contributed by atoms with Crippen molar-refractivity contribution in [2.45, 2.75) is 23.9 Å². The highest BCUT2D eigenvalue weighted by molar-refractivity contribution is 7.90. The molecule has 1 aliphatic heterocycles. The summed E-state index contributed by atoms with van der Waals surface area (Å²) in [6, 6.07) is 19.1. The lowest BCUT2D eigenvalue weighted by molar-refractivity contribution is -0.120. The number of pyridine rings is 1. The van der Waals surface area contributed by atoms with Gasteiger partial charge in [0.15, 0.2) is 0 Å². The van der Waals surface area contributed by atoms with E-state index in [9.17, 15) is 22.8 Å². The average molecular weight is 605 g/mol. The van der Waals surface area contributed by atoms with Gasteiger partial charge in [0.2, 0.25) is 5.91 Å². The molecule has 10 nitrogen and oxygen atoms in total. The van der Waals surface area contributed by atoms with Crippen molar-refractivity contribution in [1.29, 1.82) is 0 Å². The number of halogens is 1. The summed E-state index contributed by atoms with van der Waals surface area (Å²) < 4.78 is 32.5. The van der Waals surface area contributed by atoms with E-state index >= 15 is 0 Å². The van der Waals surface area contributed by atoms with Gasteiger partial charge in [0.25, 0.3) is 21.8 Å². The van der Waals surface area contributed by atoms with Crippen molar-refractivity contribution in [3.05, 3.63) is 119 Å². The zero-order valence-electron chi connectivity index (χ0n) is 22.3. The Balaban J connectivity index is 1.38. The van der Waals surface area contributed by atoms with Gasteiger partial charge in [-0.1, -0.05) is 29.8 Å². The Bertz CT molecular complexity index is 1750. The number of nitrogens with zero attached hydrogens (tertiary/aromatic N) is 2. The number of rotatable bonds is 8. The van der Waals surface area contributed by atoms with Gasteiger partial charge in [0.05, 0.1) is 23.3 Å². The van der Waals surface area contributed by atoms with Crippen molar-refractivity contribution in [3.63, 3.8) is 0 Å². The number of methoxy groups -OCH3 is 1. The highest BCUT2D eigenvalue weighted by atomic mass is 35.5. The van der Waals surface area contributed by atoms with Crippen molar-refractivity contribution in [1.82, 2.24) is 14.6 Å². The molecule has 0 saturated carbocycles. The van der Waals surface area contributed by atoms with Crippen LogP contribution in [0.3, 0.4) is 0 Å². The quantitative estimate of drug-likeness (QED) is 0.310. The second-order valence-electron chi connectivity index (χ2n) is 9.50. The van der Waals surface area contributed by atoms with Gasteiger partial charge in [-0.05, 0) is 71.8 Å². The third kappa shape index (κ3) is 6.27. The number of aromatic nitrogens is 1. The van der Waals surface area contributed by atoms with Crippen LogP contribution in [-0.4, -0.2) is 49.2 Å². The van der Waals surface area contributed by atoms with Gasteiger partial charge in [-0.25, -0.2) is 13.1 Å². The SMILES string of the molecule is COc1ccc(S(=O)(=O)NC(=O)c2ccc(CN3C(=O)c4ccc(Cl)cc4NC(=O)[C@H]3Cc3cccnc3)cc2)cc1. The zero-order valence-corrected chi connectivity index (χ0v) is 23.9. The van der Waals surface area contributed by atoms with Gasteiger partial charge in [-0.15, -0.1) is 0 Å². The predicted molar refractivity (Wildman–Crippen MR) is 156 cm³/mol. The fourth-order valence-corrected chi connectivity index (χ4v) is 5.69. The molecule has 3 aromatic carbocycles. The maximum Gasteiger partial charge on any atom is 0.264 e. The molecule has 5 rings (SSSR count). The summed E-state index contributed by atoms with van der Waals surface area (Å²) in [5.74, 6) is -1.09. The zero-order chi connectivity index (χ0) is 29.9. The van der Waals surface area contributed by atoms with Gasteiger partial charge in [-0.2, -0.15) is 0 Å². The first-order valence-corrected chi connectivity index (χ1v) is 14.6. The molecule has 1 aliphatic rings. The minimum absolute atomic E-state index is 0.0469. The summed E-state index contributed by atoms with van der Waals surface area (Å²) in [6.07, 6.45) is 3.48. The van der Waals surface area contributed by atoms with Crippen LogP contribution in [0.1, 0.15) is 31.8 Å².